The number of nitrogens with zero attached hydrogens (tertiary/aromatic N) is 1. The molecule has 0 aromatic heterocycles. The van der Waals surface area contributed by atoms with E-state index < -0.39 is 0 Å². The van der Waals surface area contributed by atoms with Crippen LogP contribution in [0.25, 0.3) is 0 Å². The molecular weight excluding hydrogens is 258 g/mol. The highest BCUT2D eigenvalue weighted by Crippen LogP contribution is 2.26. The van der Waals surface area contributed by atoms with Crippen LogP contribution in [0.5, 0.6) is 0 Å². The molecule has 0 heterocycles. The molecule has 0 radical (unpaired) electrons. The van der Waals surface area contributed by atoms with Crippen molar-refractivity contribution in [3.63, 3.8) is 0 Å². The molecule has 0 fully saturated rings. The Bertz CT molecular complexity index is 658. The SMILES string of the molecule is CC(C)(C)c1ccc(Nc2ccc(N)c(CC#N)c2)cc1. The molecule has 21 heavy (non-hydrogen) atoms. The zero-order valence-electron chi connectivity index (χ0n) is 12.8. The van der Waals surface area contributed by atoms with Gasteiger partial charge in [-0.2, -0.15) is 5.26 Å². The van der Waals surface area contributed by atoms with Gasteiger partial charge in [0.2, 0.25) is 0 Å². The van der Waals surface area contributed by atoms with Crippen molar-refractivity contribution in [2.75, 3.05) is 11.1 Å². The van der Waals surface area contributed by atoms with Crippen LogP contribution < -0.4 is 11.1 Å². The monoisotopic (exact) mass is 279 g/mol. The fourth-order valence-corrected chi connectivity index (χ4v) is 2.14. The Balaban J connectivity index is 2.19. The number of benzene rings is 2. The molecule has 3 N–H and O–H groups in total. The van der Waals surface area contributed by atoms with Crippen LogP contribution in [0, 0.1) is 11.3 Å². The van der Waals surface area contributed by atoms with Crippen LogP contribution in [0.4, 0.5) is 17.1 Å². The quantitative estimate of drug-likeness (QED) is 0.820. The molecule has 0 aliphatic heterocycles. The average Bonchev–Trinajstić information content (AvgIpc) is 2.42. The lowest BCUT2D eigenvalue weighted by atomic mass is 9.87. The first-order valence-electron chi connectivity index (χ1n) is 7.03. The van der Waals surface area contributed by atoms with E-state index in [1.54, 1.807) is 0 Å². The Kier molecular flexibility index (Phi) is 4.18. The lowest BCUT2D eigenvalue weighted by Gasteiger charge is -2.19. The van der Waals surface area contributed by atoms with Gasteiger partial charge in [-0.25, -0.2) is 0 Å². The first kappa shape index (κ1) is 14.9. The molecule has 2 aromatic carbocycles. The molecule has 0 atom stereocenters. The normalized spacial score (nSPS) is 11.0. The van der Waals surface area contributed by atoms with Crippen LogP contribution in [-0.4, -0.2) is 0 Å². The predicted octanol–water partition coefficient (Wildman–Crippen LogP) is 4.38. The zero-order valence-corrected chi connectivity index (χ0v) is 12.8. The van der Waals surface area contributed by atoms with Crippen molar-refractivity contribution in [1.82, 2.24) is 0 Å². The van der Waals surface area contributed by atoms with Crippen molar-refractivity contribution in [1.29, 1.82) is 5.26 Å². The van der Waals surface area contributed by atoms with Crippen LogP contribution >= 0.6 is 0 Å². The number of nitrogen functional groups attached to an aromatic ring is 1. The van der Waals surface area contributed by atoms with E-state index in [4.69, 9.17) is 11.0 Å². The topological polar surface area (TPSA) is 61.8 Å². The van der Waals surface area contributed by atoms with Crippen molar-refractivity contribution in [3.05, 3.63) is 53.6 Å². The summed E-state index contributed by atoms with van der Waals surface area (Å²) in [5.41, 5.74) is 10.8. The van der Waals surface area contributed by atoms with E-state index in [0.29, 0.717) is 12.1 Å². The average molecular weight is 279 g/mol. The maximum absolute atomic E-state index is 8.81. The van der Waals surface area contributed by atoms with Gasteiger partial charge in [-0.3, -0.25) is 0 Å². The third-order valence-corrected chi connectivity index (χ3v) is 3.45. The number of rotatable bonds is 3. The largest absolute Gasteiger partial charge is 0.398 e. The number of hydrogen-bond donors (Lipinski definition) is 2. The van der Waals surface area contributed by atoms with Crippen LogP contribution in [0.3, 0.4) is 0 Å². The van der Waals surface area contributed by atoms with E-state index in [-0.39, 0.29) is 5.41 Å². The Morgan fingerprint density at radius 2 is 1.67 bits per heavy atom. The highest BCUT2D eigenvalue weighted by Gasteiger charge is 2.12. The molecule has 3 heteroatoms. The molecule has 0 amide bonds. The van der Waals surface area contributed by atoms with Gasteiger partial charge in [-0.1, -0.05) is 32.9 Å². The van der Waals surface area contributed by atoms with E-state index in [1.165, 1.54) is 5.56 Å². The van der Waals surface area contributed by atoms with Crippen LogP contribution in [-0.2, 0) is 11.8 Å². The van der Waals surface area contributed by atoms with Gasteiger partial charge in [0.05, 0.1) is 12.5 Å². The molecule has 3 nitrogen and oxygen atoms in total. The Labute approximate surface area is 126 Å². The number of nitriles is 1. The van der Waals surface area contributed by atoms with E-state index in [2.05, 4.69) is 56.4 Å². The summed E-state index contributed by atoms with van der Waals surface area (Å²) in [4.78, 5) is 0. The van der Waals surface area contributed by atoms with Gasteiger partial charge in [0.1, 0.15) is 0 Å². The van der Waals surface area contributed by atoms with Gasteiger partial charge in [-0.05, 0) is 46.9 Å². The molecule has 0 unspecified atom stereocenters. The van der Waals surface area contributed by atoms with Gasteiger partial charge in [0.15, 0.2) is 0 Å². The summed E-state index contributed by atoms with van der Waals surface area (Å²) >= 11 is 0. The van der Waals surface area contributed by atoms with Crippen molar-refractivity contribution in [2.24, 2.45) is 0 Å². The minimum atomic E-state index is 0.152. The molecule has 0 bridgehead atoms. The standard InChI is InChI=1S/C18H21N3/c1-18(2,3)14-4-6-15(7-5-14)21-16-8-9-17(20)13(12-16)10-11-19/h4-9,12,21H,10,20H2,1-3H3. The molecule has 108 valence electrons. The minimum absolute atomic E-state index is 0.152. The van der Waals surface area contributed by atoms with Gasteiger partial charge < -0.3 is 11.1 Å². The maximum Gasteiger partial charge on any atom is 0.0670 e. The first-order valence-corrected chi connectivity index (χ1v) is 7.03. The van der Waals surface area contributed by atoms with E-state index in [0.717, 1.165) is 16.9 Å². The predicted molar refractivity (Wildman–Crippen MR) is 88.6 cm³/mol. The lowest BCUT2D eigenvalue weighted by Crippen LogP contribution is -2.10. The van der Waals surface area contributed by atoms with Crippen LogP contribution in [0.1, 0.15) is 31.9 Å². The smallest absolute Gasteiger partial charge is 0.0670 e. The maximum atomic E-state index is 8.81. The number of nitrogens with two attached hydrogens (primary N) is 1. The zero-order chi connectivity index (χ0) is 15.5. The fraction of sp³-hybridized carbons (Fsp3) is 0.278. The van der Waals surface area contributed by atoms with E-state index in [9.17, 15) is 0 Å². The molecule has 2 rings (SSSR count). The van der Waals surface area contributed by atoms with Gasteiger partial charge in [0.25, 0.3) is 0 Å². The van der Waals surface area contributed by atoms with E-state index in [1.807, 2.05) is 18.2 Å². The molecule has 0 saturated heterocycles. The molecule has 0 saturated carbocycles. The summed E-state index contributed by atoms with van der Waals surface area (Å²) in [6.07, 6.45) is 0.324. The van der Waals surface area contributed by atoms with Crippen molar-refractivity contribution in [3.8, 4) is 6.07 Å². The van der Waals surface area contributed by atoms with E-state index >= 15 is 0 Å². The highest BCUT2D eigenvalue weighted by molar-refractivity contribution is 5.65. The summed E-state index contributed by atoms with van der Waals surface area (Å²) in [6, 6.07) is 16.2. The second-order valence-electron chi connectivity index (χ2n) is 6.20. The summed E-state index contributed by atoms with van der Waals surface area (Å²) in [5, 5.41) is 12.1. The van der Waals surface area contributed by atoms with Crippen molar-refractivity contribution >= 4 is 17.1 Å². The Morgan fingerprint density at radius 3 is 2.24 bits per heavy atom. The second-order valence-corrected chi connectivity index (χ2v) is 6.20. The van der Waals surface area contributed by atoms with Gasteiger partial charge in [-0.15, -0.1) is 0 Å². The van der Waals surface area contributed by atoms with Gasteiger partial charge in [0, 0.05) is 17.1 Å². The fourth-order valence-electron chi connectivity index (χ4n) is 2.14. The number of nitrogens with one attached hydrogen (secondary N) is 1. The third-order valence-electron chi connectivity index (χ3n) is 3.45. The van der Waals surface area contributed by atoms with Crippen molar-refractivity contribution in [2.45, 2.75) is 32.6 Å². The van der Waals surface area contributed by atoms with Gasteiger partial charge >= 0.3 is 0 Å². The lowest BCUT2D eigenvalue weighted by molar-refractivity contribution is 0.590. The van der Waals surface area contributed by atoms with Crippen LogP contribution in [0.2, 0.25) is 0 Å². The third kappa shape index (κ3) is 3.76. The summed E-state index contributed by atoms with van der Waals surface area (Å²) in [5.74, 6) is 0. The summed E-state index contributed by atoms with van der Waals surface area (Å²) < 4.78 is 0. The number of hydrogen-bond acceptors (Lipinski definition) is 3. The number of anilines is 3. The van der Waals surface area contributed by atoms with Crippen LogP contribution in [0.15, 0.2) is 42.5 Å². The Morgan fingerprint density at radius 1 is 1.05 bits per heavy atom. The molecule has 0 aliphatic carbocycles. The summed E-state index contributed by atoms with van der Waals surface area (Å²) in [7, 11) is 0. The molecule has 0 spiro atoms. The molecule has 0 aliphatic rings. The molecule has 2 aromatic rings. The highest BCUT2D eigenvalue weighted by atomic mass is 14.9. The second kappa shape index (κ2) is 5.88. The minimum Gasteiger partial charge on any atom is -0.398 e. The first-order chi connectivity index (χ1) is 9.90. The summed E-state index contributed by atoms with van der Waals surface area (Å²) in [6.45, 7) is 6.59. The molecular formula is C18H21N3. The Hall–Kier alpha value is -2.47. The van der Waals surface area contributed by atoms with Crippen molar-refractivity contribution < 1.29 is 0 Å².